The largest absolute Gasteiger partial charge is 0.294 e. The average molecular weight is 138 g/mol. The van der Waals surface area contributed by atoms with E-state index in [0.29, 0.717) is 0 Å². The second kappa shape index (κ2) is 4.04. The molecule has 0 unspecified atom stereocenters. The maximum atomic E-state index is 11.2. The molecule has 56 valence electrons. The zero-order valence-corrected chi connectivity index (χ0v) is 6.85. The smallest absolute Gasteiger partial charge is 0.165 e. The van der Waals surface area contributed by atoms with Gasteiger partial charge in [-0.15, -0.1) is 0 Å². The first-order valence-electron chi connectivity index (χ1n) is 3.46. The number of carbonyl (C=O) groups excluding carboxylic acids is 1. The summed E-state index contributed by atoms with van der Waals surface area (Å²) in [6, 6.07) is 0. The third-order valence-electron chi connectivity index (χ3n) is 1.34. The first-order chi connectivity index (χ1) is 4.63. The zero-order valence-electron chi connectivity index (χ0n) is 6.85. The summed E-state index contributed by atoms with van der Waals surface area (Å²) in [7, 11) is 0. The maximum absolute atomic E-state index is 11.2. The molecule has 0 fully saturated rings. The highest BCUT2D eigenvalue weighted by Gasteiger charge is 2.08. The van der Waals surface area contributed by atoms with Crippen LogP contribution in [0.25, 0.3) is 0 Å². The molecule has 0 aromatic carbocycles. The molecule has 1 heteroatoms. The van der Waals surface area contributed by atoms with Gasteiger partial charge in [0, 0.05) is 11.5 Å². The van der Waals surface area contributed by atoms with Gasteiger partial charge in [-0.2, -0.15) is 0 Å². The van der Waals surface area contributed by atoms with Crippen LogP contribution in [0.3, 0.4) is 0 Å². The van der Waals surface area contributed by atoms with Crippen molar-refractivity contribution in [3.05, 3.63) is 24.3 Å². The number of Topliss-reactive ketones (excluding diaryl/α,β-unsaturated/α-hetero) is 1. The number of rotatable bonds is 3. The predicted molar refractivity (Wildman–Crippen MR) is 43.8 cm³/mol. The lowest BCUT2D eigenvalue weighted by Gasteiger charge is -2.02. The van der Waals surface area contributed by atoms with Gasteiger partial charge in [0.1, 0.15) is 0 Å². The van der Waals surface area contributed by atoms with Gasteiger partial charge in [-0.3, -0.25) is 4.79 Å². The molecule has 0 rings (SSSR count). The van der Waals surface area contributed by atoms with Crippen LogP contribution in [0.5, 0.6) is 0 Å². The molecule has 0 aliphatic heterocycles. The van der Waals surface area contributed by atoms with Gasteiger partial charge in [-0.1, -0.05) is 32.6 Å². The van der Waals surface area contributed by atoms with Crippen LogP contribution in [0, 0.1) is 5.92 Å². The van der Waals surface area contributed by atoms with Crippen molar-refractivity contribution < 1.29 is 4.79 Å². The Hall–Kier alpha value is -0.850. The summed E-state index contributed by atoms with van der Waals surface area (Å²) in [6.07, 6.45) is 3.39. The summed E-state index contributed by atoms with van der Waals surface area (Å²) >= 11 is 0. The normalized spacial score (nSPS) is 11.8. The summed E-state index contributed by atoms with van der Waals surface area (Å²) in [5, 5.41) is 0. The first kappa shape index (κ1) is 9.15. The highest BCUT2D eigenvalue weighted by molar-refractivity contribution is 5.98. The van der Waals surface area contributed by atoms with Gasteiger partial charge in [0.05, 0.1) is 0 Å². The van der Waals surface area contributed by atoms with E-state index in [2.05, 4.69) is 6.58 Å². The summed E-state index contributed by atoms with van der Waals surface area (Å²) < 4.78 is 0. The Kier molecular flexibility index (Phi) is 3.70. The molecule has 0 heterocycles. The van der Waals surface area contributed by atoms with Crippen molar-refractivity contribution >= 4 is 5.78 Å². The Morgan fingerprint density at radius 1 is 1.50 bits per heavy atom. The third-order valence-corrected chi connectivity index (χ3v) is 1.34. The van der Waals surface area contributed by atoms with E-state index in [0.717, 1.165) is 5.57 Å². The van der Waals surface area contributed by atoms with E-state index in [9.17, 15) is 4.79 Å². The molecule has 0 N–H and O–H groups in total. The number of carbonyl (C=O) groups is 1. The molecule has 0 atom stereocenters. The Bertz CT molecular complexity index is 164. The van der Waals surface area contributed by atoms with Gasteiger partial charge in [0.15, 0.2) is 5.78 Å². The van der Waals surface area contributed by atoms with E-state index >= 15 is 0 Å². The van der Waals surface area contributed by atoms with Crippen LogP contribution < -0.4 is 0 Å². The summed E-state index contributed by atoms with van der Waals surface area (Å²) in [6.45, 7) is 9.16. The molecule has 0 radical (unpaired) electrons. The van der Waals surface area contributed by atoms with E-state index in [1.807, 2.05) is 20.8 Å². The minimum atomic E-state index is 0.0733. The van der Waals surface area contributed by atoms with Gasteiger partial charge in [-0.05, 0) is 6.92 Å². The van der Waals surface area contributed by atoms with Crippen LogP contribution in [-0.2, 0) is 4.79 Å². The fourth-order valence-corrected chi connectivity index (χ4v) is 0.694. The second-order valence-corrected chi connectivity index (χ2v) is 2.47. The minimum Gasteiger partial charge on any atom is -0.294 e. The lowest BCUT2D eigenvalue weighted by molar-refractivity contribution is -0.117. The van der Waals surface area contributed by atoms with Gasteiger partial charge < -0.3 is 0 Å². The Morgan fingerprint density at radius 3 is 2.10 bits per heavy atom. The molecule has 0 saturated carbocycles. The van der Waals surface area contributed by atoms with E-state index in [1.54, 1.807) is 12.2 Å². The molecule has 0 aromatic heterocycles. The monoisotopic (exact) mass is 138 g/mol. The van der Waals surface area contributed by atoms with Gasteiger partial charge in [-0.25, -0.2) is 0 Å². The van der Waals surface area contributed by atoms with E-state index in [1.165, 1.54) is 0 Å². The van der Waals surface area contributed by atoms with Crippen molar-refractivity contribution in [2.45, 2.75) is 20.8 Å². The molecule has 0 aliphatic carbocycles. The summed E-state index contributed by atoms with van der Waals surface area (Å²) in [5.41, 5.74) is 0.718. The number of ketones is 1. The highest BCUT2D eigenvalue weighted by atomic mass is 16.1. The molecule has 0 aliphatic rings. The van der Waals surface area contributed by atoms with Crippen molar-refractivity contribution in [2.24, 2.45) is 5.92 Å². The quantitative estimate of drug-likeness (QED) is 0.432. The second-order valence-electron chi connectivity index (χ2n) is 2.47. The van der Waals surface area contributed by atoms with Crippen molar-refractivity contribution in [2.75, 3.05) is 0 Å². The van der Waals surface area contributed by atoms with Crippen LogP contribution in [0.15, 0.2) is 24.3 Å². The van der Waals surface area contributed by atoms with E-state index < -0.39 is 0 Å². The molecular weight excluding hydrogens is 124 g/mol. The Morgan fingerprint density at radius 2 is 2.00 bits per heavy atom. The van der Waals surface area contributed by atoms with E-state index in [4.69, 9.17) is 0 Å². The Labute approximate surface area is 62.4 Å². The van der Waals surface area contributed by atoms with Crippen LogP contribution in [0.2, 0.25) is 0 Å². The molecule has 0 saturated heterocycles. The number of hydrogen-bond donors (Lipinski definition) is 0. The molecule has 0 bridgehead atoms. The standard InChI is InChI=1S/C9H14O/c1-5-8(6-2)9(10)7(3)4/h5-7H,1H2,2-4H3/b8-6-. The third kappa shape index (κ3) is 2.18. The lowest BCUT2D eigenvalue weighted by atomic mass is 10.0. The number of allylic oxidation sites excluding steroid dienone is 3. The molecule has 1 nitrogen and oxygen atoms in total. The molecule has 0 aromatic rings. The van der Waals surface area contributed by atoms with Crippen LogP contribution >= 0.6 is 0 Å². The van der Waals surface area contributed by atoms with Crippen LogP contribution in [0.1, 0.15) is 20.8 Å². The van der Waals surface area contributed by atoms with Crippen molar-refractivity contribution in [1.82, 2.24) is 0 Å². The zero-order chi connectivity index (χ0) is 8.15. The Balaban J connectivity index is 4.32. The lowest BCUT2D eigenvalue weighted by Crippen LogP contribution is -2.08. The summed E-state index contributed by atoms with van der Waals surface area (Å²) in [4.78, 5) is 11.2. The van der Waals surface area contributed by atoms with E-state index in [-0.39, 0.29) is 11.7 Å². The predicted octanol–water partition coefficient (Wildman–Crippen LogP) is 2.34. The fourth-order valence-electron chi connectivity index (χ4n) is 0.694. The van der Waals surface area contributed by atoms with Gasteiger partial charge in [0.2, 0.25) is 0 Å². The van der Waals surface area contributed by atoms with Crippen molar-refractivity contribution in [1.29, 1.82) is 0 Å². The summed E-state index contributed by atoms with van der Waals surface area (Å²) in [5.74, 6) is 0.238. The highest BCUT2D eigenvalue weighted by Crippen LogP contribution is 2.05. The van der Waals surface area contributed by atoms with Crippen molar-refractivity contribution in [3.8, 4) is 0 Å². The average Bonchev–Trinajstić information content (AvgIpc) is 1.90. The molecular formula is C9H14O. The first-order valence-corrected chi connectivity index (χ1v) is 3.46. The topological polar surface area (TPSA) is 17.1 Å². The molecule has 0 spiro atoms. The number of hydrogen-bond acceptors (Lipinski definition) is 1. The maximum Gasteiger partial charge on any atom is 0.165 e. The van der Waals surface area contributed by atoms with Gasteiger partial charge in [0.25, 0.3) is 0 Å². The fraction of sp³-hybridized carbons (Fsp3) is 0.444. The molecule has 10 heavy (non-hydrogen) atoms. The van der Waals surface area contributed by atoms with Crippen LogP contribution in [0.4, 0.5) is 0 Å². The minimum absolute atomic E-state index is 0.0733. The van der Waals surface area contributed by atoms with Crippen LogP contribution in [-0.4, -0.2) is 5.78 Å². The van der Waals surface area contributed by atoms with Gasteiger partial charge >= 0.3 is 0 Å². The SMILES string of the molecule is C=C/C(=C/C)C(=O)C(C)C. The molecule has 0 amide bonds. The van der Waals surface area contributed by atoms with Crippen molar-refractivity contribution in [3.63, 3.8) is 0 Å².